The number of amides is 1. The van der Waals surface area contributed by atoms with E-state index in [2.05, 4.69) is 4.74 Å². The maximum absolute atomic E-state index is 10.8. The number of allylic oxidation sites excluding steroid dienone is 1. The van der Waals surface area contributed by atoms with Crippen molar-refractivity contribution in [3.05, 3.63) is 12.0 Å². The topological polar surface area (TPSA) is 52.6 Å². The van der Waals surface area contributed by atoms with E-state index >= 15 is 0 Å². The molecule has 1 rings (SSSR count). The second-order valence-corrected chi connectivity index (χ2v) is 1.89. The molecule has 1 saturated heterocycles. The van der Waals surface area contributed by atoms with Gasteiger partial charge in [0, 0.05) is 0 Å². The Morgan fingerprint density at radius 1 is 1.82 bits per heavy atom. The van der Waals surface area contributed by atoms with Gasteiger partial charge in [-0.15, -0.1) is 0 Å². The van der Waals surface area contributed by atoms with Crippen LogP contribution in [0.4, 0.5) is 4.79 Å². The first-order valence-electron chi connectivity index (χ1n) is 3.03. The van der Waals surface area contributed by atoms with E-state index in [1.165, 1.54) is 6.08 Å². The molecule has 4 nitrogen and oxygen atoms in total. The first-order valence-corrected chi connectivity index (χ1v) is 3.03. The van der Waals surface area contributed by atoms with Crippen LogP contribution < -0.4 is 24.0 Å². The molecule has 5 heteroatoms. The molecule has 0 bridgehead atoms. The van der Waals surface area contributed by atoms with Crippen molar-refractivity contribution in [1.82, 2.24) is 4.90 Å². The van der Waals surface area contributed by atoms with Gasteiger partial charge in [0.05, 0.1) is 6.54 Å². The van der Waals surface area contributed by atoms with Gasteiger partial charge in [0.15, 0.2) is 0 Å². The third-order valence-corrected chi connectivity index (χ3v) is 1.27. The van der Waals surface area contributed by atoms with Crippen LogP contribution in [0.3, 0.4) is 0 Å². The number of ether oxygens (including phenoxy) is 1. The van der Waals surface area contributed by atoms with Crippen molar-refractivity contribution in [3.63, 3.8) is 0 Å². The van der Waals surface area contributed by atoms with Crippen molar-refractivity contribution in [3.8, 4) is 0 Å². The molecule has 1 aliphatic rings. The van der Waals surface area contributed by atoms with Crippen molar-refractivity contribution in [2.75, 3.05) is 13.2 Å². The number of cyclic esters (lactones) is 1. The monoisotopic (exact) mass is 149 g/mol. The number of hydrogen-bond acceptors (Lipinski definition) is 3. The smallest absolute Gasteiger partial charge is 0.860 e. The van der Waals surface area contributed by atoms with E-state index in [9.17, 15) is 9.90 Å². The fraction of sp³-hybridized carbons (Fsp3) is 0.500. The third kappa shape index (κ3) is 2.17. The van der Waals surface area contributed by atoms with Gasteiger partial charge in [0.1, 0.15) is 6.61 Å². The minimum atomic E-state index is -0.539. The van der Waals surface area contributed by atoms with E-state index in [1.54, 1.807) is 6.92 Å². The molecule has 11 heavy (non-hydrogen) atoms. The quantitative estimate of drug-likeness (QED) is 0.289. The molecule has 0 aromatic rings. The molecular weight excluding hydrogens is 141 g/mol. The van der Waals surface area contributed by atoms with E-state index in [0.717, 1.165) is 4.90 Å². The molecule has 0 aliphatic carbocycles. The number of hydrogen-bond donors (Lipinski definition) is 0. The van der Waals surface area contributed by atoms with Crippen LogP contribution >= 0.6 is 0 Å². The molecule has 0 radical (unpaired) electrons. The van der Waals surface area contributed by atoms with Gasteiger partial charge in [-0.3, -0.25) is 4.90 Å². The van der Waals surface area contributed by atoms with Crippen LogP contribution in [0.1, 0.15) is 6.92 Å². The molecule has 0 aromatic carbocycles. The second-order valence-electron chi connectivity index (χ2n) is 1.89. The number of rotatable bonds is 1. The van der Waals surface area contributed by atoms with Crippen molar-refractivity contribution >= 4 is 6.09 Å². The van der Waals surface area contributed by atoms with Crippen molar-refractivity contribution in [2.24, 2.45) is 0 Å². The first-order chi connectivity index (χ1) is 4.75. The summed E-state index contributed by atoms with van der Waals surface area (Å²) < 4.78 is 4.53. The number of nitrogens with zero attached hydrogens (tertiary/aromatic N) is 1. The molecule has 0 N–H and O–H groups in total. The average molecular weight is 149 g/mol. The molecule has 0 saturated carbocycles. The third-order valence-electron chi connectivity index (χ3n) is 1.27. The Kier molecular flexibility index (Phi) is 4.09. The van der Waals surface area contributed by atoms with Gasteiger partial charge >= 0.3 is 25.0 Å². The Morgan fingerprint density at radius 3 is 2.82 bits per heavy atom. The largest absolute Gasteiger partial charge is 1.00 e. The second kappa shape index (κ2) is 4.32. The van der Waals surface area contributed by atoms with E-state index in [0.29, 0.717) is 13.2 Å². The molecule has 0 unspecified atom stereocenters. The van der Waals surface area contributed by atoms with E-state index in [1.807, 2.05) is 0 Å². The summed E-state index contributed by atoms with van der Waals surface area (Å²) in [6.45, 7) is 2.29. The zero-order valence-corrected chi connectivity index (χ0v) is 6.66. The van der Waals surface area contributed by atoms with Gasteiger partial charge in [0.2, 0.25) is 0 Å². The Hall–Kier alpha value is -0.593. The van der Waals surface area contributed by atoms with Crippen LogP contribution in [0.2, 0.25) is 0 Å². The van der Waals surface area contributed by atoms with Crippen LogP contribution in [-0.4, -0.2) is 24.1 Å². The van der Waals surface area contributed by atoms with Gasteiger partial charge in [-0.1, -0.05) is 6.08 Å². The Morgan fingerprint density at radius 2 is 2.45 bits per heavy atom. The Labute approximate surface area is 77.0 Å². The van der Waals surface area contributed by atoms with E-state index in [4.69, 9.17) is 0 Å². The van der Waals surface area contributed by atoms with Gasteiger partial charge in [-0.25, -0.2) is 4.79 Å². The molecular formula is C6H8LiNO3. The maximum atomic E-state index is 10.8. The SMILES string of the molecule is C/C=C(\[O-])N1CCOC1=O.[Li+]. The minimum Gasteiger partial charge on any atom is -0.860 e. The predicted molar refractivity (Wildman–Crippen MR) is 31.8 cm³/mol. The number of carbonyl (C=O) groups is 1. The fourth-order valence-electron chi connectivity index (χ4n) is 0.749. The van der Waals surface area contributed by atoms with Crippen LogP contribution in [0.25, 0.3) is 0 Å². The zero-order valence-electron chi connectivity index (χ0n) is 6.66. The molecule has 56 valence electrons. The summed E-state index contributed by atoms with van der Waals surface area (Å²) in [6, 6.07) is 0. The summed E-state index contributed by atoms with van der Waals surface area (Å²) in [5.41, 5.74) is 0. The Balaban J connectivity index is 0.000001000. The van der Waals surface area contributed by atoms with Crippen molar-refractivity contribution in [2.45, 2.75) is 6.92 Å². The van der Waals surface area contributed by atoms with Crippen LogP contribution in [0.5, 0.6) is 0 Å². The van der Waals surface area contributed by atoms with Gasteiger partial charge in [-0.2, -0.15) is 0 Å². The zero-order chi connectivity index (χ0) is 7.56. The molecule has 0 aromatic heterocycles. The molecule has 1 aliphatic heterocycles. The normalized spacial score (nSPS) is 17.7. The van der Waals surface area contributed by atoms with E-state index < -0.39 is 6.09 Å². The maximum Gasteiger partial charge on any atom is 1.00 e. The van der Waals surface area contributed by atoms with Crippen molar-refractivity contribution in [1.29, 1.82) is 0 Å². The average Bonchev–Trinajstić information content (AvgIpc) is 2.34. The minimum absolute atomic E-state index is 0. The van der Waals surface area contributed by atoms with Gasteiger partial charge in [-0.05, 0) is 12.8 Å². The van der Waals surface area contributed by atoms with Gasteiger partial charge in [0.25, 0.3) is 0 Å². The first kappa shape index (κ1) is 10.4. The predicted octanol–water partition coefficient (Wildman–Crippen LogP) is -3.34. The summed E-state index contributed by atoms with van der Waals surface area (Å²) in [5, 5.41) is 10.8. The Bertz CT molecular complexity index is 181. The van der Waals surface area contributed by atoms with Crippen LogP contribution in [0.15, 0.2) is 12.0 Å². The summed E-state index contributed by atoms with van der Waals surface area (Å²) in [4.78, 5) is 11.7. The molecule has 0 spiro atoms. The standard InChI is InChI=1S/C6H9NO3.Li/c1-2-5(8)7-3-4-10-6(7)9;/h2,8H,3-4H2,1H3;/q;+1/p-1/b5-2-;. The number of carbonyl (C=O) groups excluding carboxylic acids is 1. The molecule has 1 heterocycles. The molecule has 1 fully saturated rings. The van der Waals surface area contributed by atoms with Crippen LogP contribution in [-0.2, 0) is 4.74 Å². The summed E-state index contributed by atoms with van der Waals surface area (Å²) in [6.07, 6.45) is 0.801. The summed E-state index contributed by atoms with van der Waals surface area (Å²) in [5.74, 6) is -0.289. The van der Waals surface area contributed by atoms with Gasteiger partial charge < -0.3 is 9.84 Å². The fourth-order valence-corrected chi connectivity index (χ4v) is 0.749. The molecule has 1 amide bonds. The summed E-state index contributed by atoms with van der Waals surface area (Å²) in [7, 11) is 0. The van der Waals surface area contributed by atoms with E-state index in [-0.39, 0.29) is 24.7 Å². The summed E-state index contributed by atoms with van der Waals surface area (Å²) >= 11 is 0. The van der Waals surface area contributed by atoms with Crippen LogP contribution in [0, 0.1) is 0 Å². The van der Waals surface area contributed by atoms with Crippen molar-refractivity contribution < 1.29 is 33.5 Å². The molecule has 0 atom stereocenters.